The molecule has 0 spiro atoms. The fourth-order valence-electron chi connectivity index (χ4n) is 3.58. The predicted molar refractivity (Wildman–Crippen MR) is 96.2 cm³/mol. The first kappa shape index (κ1) is 21.3. The van der Waals surface area contributed by atoms with Crippen LogP contribution in [-0.4, -0.2) is 27.1 Å². The highest BCUT2D eigenvalue weighted by Crippen LogP contribution is 2.34. The molecule has 3 N–H and O–H groups in total. The molecule has 1 fully saturated rings. The van der Waals surface area contributed by atoms with E-state index < -0.39 is 5.97 Å². The molecule has 0 aromatic carbocycles. The summed E-state index contributed by atoms with van der Waals surface area (Å²) in [4.78, 5) is 12.1. The van der Waals surface area contributed by atoms with Crippen molar-refractivity contribution in [2.75, 3.05) is 0 Å². The van der Waals surface area contributed by atoms with Crippen molar-refractivity contribution in [1.82, 2.24) is 0 Å². The van der Waals surface area contributed by atoms with Gasteiger partial charge in [0, 0.05) is 18.8 Å². The molecule has 1 saturated carbocycles. The predicted octanol–water partition coefficient (Wildman–Crippen LogP) is 4.08. The van der Waals surface area contributed by atoms with Gasteiger partial charge in [-0.05, 0) is 38.0 Å². The van der Waals surface area contributed by atoms with Crippen molar-refractivity contribution < 1.29 is 20.1 Å². The van der Waals surface area contributed by atoms with Crippen LogP contribution in [0.15, 0.2) is 12.2 Å². The highest BCUT2D eigenvalue weighted by Gasteiger charge is 2.32. The lowest BCUT2D eigenvalue weighted by Gasteiger charge is -2.15. The van der Waals surface area contributed by atoms with Gasteiger partial charge in [0.25, 0.3) is 5.97 Å². The number of carbonyl (C=O) groups is 1. The van der Waals surface area contributed by atoms with Gasteiger partial charge in [-0.25, -0.2) is 0 Å². The third-order valence-corrected chi connectivity index (χ3v) is 5.04. The highest BCUT2D eigenvalue weighted by atomic mass is 16.7. The van der Waals surface area contributed by atoms with Crippen molar-refractivity contribution in [3.05, 3.63) is 12.2 Å². The molecule has 0 unspecified atom stereocenters. The zero-order valence-corrected chi connectivity index (χ0v) is 15.3. The van der Waals surface area contributed by atoms with Crippen molar-refractivity contribution in [2.24, 2.45) is 11.8 Å². The molecule has 0 aromatic rings. The van der Waals surface area contributed by atoms with Crippen LogP contribution in [0.2, 0.25) is 0 Å². The Morgan fingerprint density at radius 3 is 2.46 bits per heavy atom. The molecule has 1 aliphatic carbocycles. The molecule has 0 heterocycles. The van der Waals surface area contributed by atoms with Crippen LogP contribution in [0.3, 0.4) is 0 Å². The van der Waals surface area contributed by atoms with Crippen LogP contribution in [0.25, 0.3) is 0 Å². The van der Waals surface area contributed by atoms with Gasteiger partial charge < -0.3 is 15.3 Å². The Bertz CT molecular complexity index is 370. The van der Waals surface area contributed by atoms with Crippen LogP contribution in [0.5, 0.6) is 0 Å². The molecular weight excluding hydrogens is 304 g/mol. The fourth-order valence-corrected chi connectivity index (χ4v) is 3.58. The highest BCUT2D eigenvalue weighted by molar-refractivity contribution is 5.83. The first-order chi connectivity index (χ1) is 11.4. The molecule has 1 aliphatic rings. The van der Waals surface area contributed by atoms with Crippen LogP contribution < -0.4 is 0 Å². The number of unbranched alkanes of at least 4 members (excludes halogenated alkanes) is 7. The Balaban J connectivity index is 2.19. The average molecular weight is 341 g/mol. The van der Waals surface area contributed by atoms with Crippen molar-refractivity contribution in [3.63, 3.8) is 0 Å². The molecule has 4 heteroatoms. The summed E-state index contributed by atoms with van der Waals surface area (Å²) in [6.45, 7) is 2.22. The summed E-state index contributed by atoms with van der Waals surface area (Å²) < 4.78 is 0. The number of ketones is 1. The summed E-state index contributed by atoms with van der Waals surface area (Å²) >= 11 is 0. The van der Waals surface area contributed by atoms with Crippen molar-refractivity contribution in [2.45, 2.75) is 96.4 Å². The Hall–Kier alpha value is -0.710. The summed E-state index contributed by atoms with van der Waals surface area (Å²) in [5, 5.41) is 26.5. The molecule has 0 aromatic heterocycles. The largest absolute Gasteiger partial charge is 0.344 e. The fraction of sp³-hybridized carbons (Fsp3) is 0.850. The molecule has 1 rings (SSSR count). The molecular formula is C20H36O4. The lowest BCUT2D eigenvalue weighted by Crippen LogP contribution is -2.26. The van der Waals surface area contributed by atoms with Crippen LogP contribution in [-0.2, 0) is 4.79 Å². The molecule has 0 aliphatic heterocycles. The maximum Gasteiger partial charge on any atom is 0.275 e. The molecule has 24 heavy (non-hydrogen) atoms. The van der Waals surface area contributed by atoms with Crippen molar-refractivity contribution in [1.29, 1.82) is 0 Å². The van der Waals surface area contributed by atoms with Crippen LogP contribution in [0.4, 0.5) is 0 Å². The smallest absolute Gasteiger partial charge is 0.275 e. The Labute approximate surface area is 147 Å². The minimum Gasteiger partial charge on any atom is -0.344 e. The monoisotopic (exact) mass is 340 g/mol. The normalized spacial score (nSPS) is 21.9. The second kappa shape index (κ2) is 11.8. The van der Waals surface area contributed by atoms with Gasteiger partial charge in [-0.15, -0.1) is 0 Å². The van der Waals surface area contributed by atoms with Gasteiger partial charge in [0.2, 0.25) is 0 Å². The second-order valence-corrected chi connectivity index (χ2v) is 7.28. The van der Waals surface area contributed by atoms with Crippen molar-refractivity contribution in [3.8, 4) is 0 Å². The lowest BCUT2D eigenvalue weighted by atomic mass is 9.89. The Kier molecular flexibility index (Phi) is 10.5. The summed E-state index contributed by atoms with van der Waals surface area (Å²) in [6, 6.07) is 0. The maximum atomic E-state index is 12.1. The Morgan fingerprint density at radius 1 is 1.04 bits per heavy atom. The molecule has 0 bridgehead atoms. The van der Waals surface area contributed by atoms with Gasteiger partial charge in [-0.3, -0.25) is 4.79 Å². The number of allylic oxidation sites excluding steroid dienone is 2. The maximum absolute atomic E-state index is 12.1. The molecule has 0 saturated heterocycles. The second-order valence-electron chi connectivity index (χ2n) is 7.28. The number of Topliss-reactive ketones (excluding diaryl/α,β-unsaturated/α-hetero) is 1. The van der Waals surface area contributed by atoms with E-state index >= 15 is 0 Å². The minimum atomic E-state index is -2.53. The molecule has 140 valence electrons. The van der Waals surface area contributed by atoms with Gasteiger partial charge in [0.05, 0.1) is 0 Å². The van der Waals surface area contributed by atoms with Crippen molar-refractivity contribution >= 4 is 5.78 Å². The van der Waals surface area contributed by atoms with Crippen LogP contribution in [0.1, 0.15) is 90.4 Å². The van der Waals surface area contributed by atoms with E-state index in [0.29, 0.717) is 18.1 Å². The zero-order valence-electron chi connectivity index (χ0n) is 15.3. The SMILES string of the molecule is CCCCCC/C=C/[C@H]1CCC(=O)[C@@H]1CCCCCCC(O)(O)O. The van der Waals surface area contributed by atoms with E-state index in [-0.39, 0.29) is 12.3 Å². The van der Waals surface area contributed by atoms with Crippen LogP contribution >= 0.6 is 0 Å². The first-order valence-corrected chi connectivity index (χ1v) is 9.80. The number of rotatable bonds is 13. The molecule has 0 amide bonds. The standard InChI is InChI=1S/C20H36O4/c1-2-3-4-5-6-9-12-17-14-15-19(21)18(17)13-10-7-8-11-16-20(22,23)24/h9,12,17-18,22-24H,2-8,10-11,13-16H2,1H3/b12-9+/t17-,18+/m0/s1. The van der Waals surface area contributed by atoms with E-state index in [4.69, 9.17) is 15.3 Å². The van der Waals surface area contributed by atoms with E-state index in [1.54, 1.807) is 0 Å². The van der Waals surface area contributed by atoms with Crippen LogP contribution in [0, 0.1) is 11.8 Å². The van der Waals surface area contributed by atoms with E-state index in [2.05, 4.69) is 19.1 Å². The van der Waals surface area contributed by atoms with Gasteiger partial charge in [0.1, 0.15) is 5.78 Å². The minimum absolute atomic E-state index is 0.0151. The van der Waals surface area contributed by atoms with E-state index in [1.165, 1.54) is 25.7 Å². The molecule has 0 radical (unpaired) electrons. The summed E-state index contributed by atoms with van der Waals surface area (Å²) in [5.41, 5.74) is 0. The van der Waals surface area contributed by atoms with Gasteiger partial charge >= 0.3 is 0 Å². The number of hydrogen-bond donors (Lipinski definition) is 3. The quantitative estimate of drug-likeness (QED) is 0.268. The first-order valence-electron chi connectivity index (χ1n) is 9.80. The Morgan fingerprint density at radius 2 is 1.75 bits per heavy atom. The van der Waals surface area contributed by atoms with Gasteiger partial charge in [-0.2, -0.15) is 0 Å². The van der Waals surface area contributed by atoms with E-state index in [9.17, 15) is 4.79 Å². The number of aliphatic hydroxyl groups is 3. The summed E-state index contributed by atoms with van der Waals surface area (Å²) in [7, 11) is 0. The number of carbonyl (C=O) groups excluding carboxylic acids is 1. The lowest BCUT2D eigenvalue weighted by molar-refractivity contribution is -0.315. The molecule has 2 atom stereocenters. The summed E-state index contributed by atoms with van der Waals surface area (Å²) in [5.74, 6) is -1.52. The third kappa shape index (κ3) is 9.55. The van der Waals surface area contributed by atoms with Gasteiger partial charge in [-0.1, -0.05) is 57.6 Å². The summed E-state index contributed by atoms with van der Waals surface area (Å²) in [6.07, 6.45) is 16.8. The van der Waals surface area contributed by atoms with E-state index in [1.807, 2.05) is 0 Å². The number of hydrogen-bond acceptors (Lipinski definition) is 4. The zero-order chi connectivity index (χ0) is 17.8. The topological polar surface area (TPSA) is 77.8 Å². The molecule has 4 nitrogen and oxygen atoms in total. The van der Waals surface area contributed by atoms with E-state index in [0.717, 1.165) is 44.9 Å². The van der Waals surface area contributed by atoms with Gasteiger partial charge in [0.15, 0.2) is 0 Å². The average Bonchev–Trinajstić information content (AvgIpc) is 2.86. The third-order valence-electron chi connectivity index (χ3n) is 5.04.